The molecule has 0 amide bonds. The number of allylic oxidation sites excluding steroid dienone is 11. The van der Waals surface area contributed by atoms with Crippen LogP contribution < -0.4 is 27.3 Å². The van der Waals surface area contributed by atoms with E-state index < -0.39 is 11.6 Å². The zero-order valence-electron chi connectivity index (χ0n) is 33.5. The zero-order valence-corrected chi connectivity index (χ0v) is 33.5. The highest BCUT2D eigenvalue weighted by atomic mass is 15.2. The summed E-state index contributed by atoms with van der Waals surface area (Å²) >= 11 is 0. The molecule has 2 aliphatic carbocycles. The molecule has 0 saturated carbocycles. The van der Waals surface area contributed by atoms with Crippen LogP contribution in [0.25, 0.3) is 72.2 Å². The van der Waals surface area contributed by atoms with Crippen LogP contribution in [-0.4, -0.2) is 103 Å². The van der Waals surface area contributed by atoms with Crippen molar-refractivity contribution in [1.29, 1.82) is 0 Å². The zero-order chi connectivity index (χ0) is 42.9. The van der Waals surface area contributed by atoms with Crippen LogP contribution in [0.1, 0.15) is 18.7 Å². The smallest absolute Gasteiger partial charge is 0.238 e. The van der Waals surface area contributed by atoms with Gasteiger partial charge in [0, 0.05) is 32.8 Å². The number of aromatic nitrogens is 5. The molecule has 3 heterocycles. The maximum Gasteiger partial charge on any atom is 0.238 e. The second-order valence-electron chi connectivity index (χ2n) is 15.7. The van der Waals surface area contributed by atoms with Crippen LogP contribution in [0.15, 0.2) is 121 Å². The highest BCUT2D eigenvalue weighted by Gasteiger charge is 2.28. The lowest BCUT2D eigenvalue weighted by Gasteiger charge is -2.27. The van der Waals surface area contributed by atoms with Gasteiger partial charge in [-0.2, -0.15) is 9.97 Å². The second kappa shape index (κ2) is 16.1. The van der Waals surface area contributed by atoms with Gasteiger partial charge in [0.05, 0.1) is 45.6 Å². The van der Waals surface area contributed by atoms with E-state index in [-0.39, 0.29) is 73.3 Å². The molecule has 0 saturated heterocycles. The van der Waals surface area contributed by atoms with Gasteiger partial charge in [0.15, 0.2) is 11.6 Å². The SMILES string of the molecule is [B]C/C([B])=C(/c1nc(-c2c([B])c([B])c([B])c([B])c2[B])nc(-n2c3ccccc3c3c4c(ccc32)c2ccccc2n4C2=CC(C3C=CC=CC3)CC=C2)n1)C([B])C([B])C([B])=C. The quantitative estimate of drug-likeness (QED) is 0.213. The average molecular weight is 760 g/mol. The minimum absolute atomic E-state index is 0.0250. The Labute approximate surface area is 369 Å². The fraction of sp³-hybridized carbons (Fsp3) is 0.152. The molecule has 4 unspecified atom stereocenters. The highest BCUT2D eigenvalue weighted by Crippen LogP contribution is 2.44. The molecular weight excluding hydrogens is 731 g/mol. The van der Waals surface area contributed by atoms with E-state index in [1.165, 1.54) is 0 Å². The number of para-hydroxylation sites is 2. The van der Waals surface area contributed by atoms with Crippen molar-refractivity contribution in [3.8, 4) is 17.3 Å². The van der Waals surface area contributed by atoms with E-state index in [1.54, 1.807) is 0 Å². The lowest BCUT2D eigenvalue weighted by molar-refractivity contribution is 0.478. The molecule has 0 fully saturated rings. The first-order valence-corrected chi connectivity index (χ1v) is 20.0. The fourth-order valence-corrected chi connectivity index (χ4v) is 8.86. The van der Waals surface area contributed by atoms with Gasteiger partial charge in [0.1, 0.15) is 54.9 Å². The molecule has 0 N–H and O–H groups in total. The topological polar surface area (TPSA) is 48.5 Å². The molecule has 4 aromatic carbocycles. The third-order valence-electron chi connectivity index (χ3n) is 12.1. The van der Waals surface area contributed by atoms with Crippen molar-refractivity contribution in [2.24, 2.45) is 11.8 Å². The summed E-state index contributed by atoms with van der Waals surface area (Å²) in [6.45, 7) is 3.82. The Bertz CT molecular complexity index is 3110. The monoisotopic (exact) mass is 761 g/mol. The average Bonchev–Trinajstić information content (AvgIpc) is 3.80. The minimum Gasteiger partial charge on any atom is -0.309 e. The number of fused-ring (bicyclic) bond motifs is 7. The first kappa shape index (κ1) is 41.0. The van der Waals surface area contributed by atoms with Gasteiger partial charge in [-0.25, -0.2) is 4.98 Å². The molecule has 15 heteroatoms. The van der Waals surface area contributed by atoms with Crippen molar-refractivity contribution >= 4 is 161 Å². The Balaban J connectivity index is 1.39. The van der Waals surface area contributed by atoms with E-state index in [4.69, 9.17) is 93.4 Å². The number of nitrogens with zero attached hydrogens (tertiary/aromatic N) is 5. The fourth-order valence-electron chi connectivity index (χ4n) is 8.86. The van der Waals surface area contributed by atoms with Gasteiger partial charge in [0.25, 0.3) is 0 Å². The minimum atomic E-state index is -1.03. The van der Waals surface area contributed by atoms with Crippen molar-refractivity contribution < 1.29 is 0 Å². The lowest BCUT2D eigenvalue weighted by atomic mass is 9.55. The van der Waals surface area contributed by atoms with Gasteiger partial charge in [-0.3, -0.25) is 4.57 Å². The lowest BCUT2D eigenvalue weighted by Crippen LogP contribution is -2.55. The van der Waals surface area contributed by atoms with Gasteiger partial charge < -0.3 is 4.57 Å². The van der Waals surface area contributed by atoms with Crippen LogP contribution in [0.4, 0.5) is 0 Å². The Morgan fingerprint density at radius 2 is 1.34 bits per heavy atom. The molecule has 268 valence electrons. The van der Waals surface area contributed by atoms with Crippen molar-refractivity contribution in [1.82, 2.24) is 24.1 Å². The highest BCUT2D eigenvalue weighted by molar-refractivity contribution is 6.68. The van der Waals surface area contributed by atoms with Crippen LogP contribution in [0.5, 0.6) is 0 Å². The summed E-state index contributed by atoms with van der Waals surface area (Å²) in [6, 6.07) is 20.8. The normalized spacial score (nSPS) is 17.9. The maximum atomic E-state index is 6.79. The molecule has 0 aliphatic heterocycles. The Morgan fingerprint density at radius 3 is 2.02 bits per heavy atom. The van der Waals surface area contributed by atoms with Gasteiger partial charge in [-0.15, -0.1) is 33.9 Å². The third kappa shape index (κ3) is 6.74. The first-order valence-electron chi connectivity index (χ1n) is 20.0. The molecule has 3 aromatic heterocycles. The molecule has 7 aromatic rings. The largest absolute Gasteiger partial charge is 0.309 e. The number of rotatable bonds is 9. The molecule has 4 atom stereocenters. The van der Waals surface area contributed by atoms with Crippen molar-refractivity contribution in [2.45, 2.75) is 30.8 Å². The number of hydrogen-bond donors (Lipinski definition) is 0. The standard InChI is InChI=1S/C46H29B10N5/c1-22(48)36(50)37(51)34(29(49)21-47)44-57-45(35-38(52)40(54)42(56)41(55)39(35)53)59-46(58-44)61-31-17-8-6-15-28(31)33-32(61)19-18-27-26-14-5-7-16-30(26)60(43(27)33)25-13-9-12-24(20-25)23-10-3-2-4-11-23/h2-10,13-20,23-24,36-37H,1,11-12,21H2/b34-29-. The third-order valence-corrected chi connectivity index (χ3v) is 12.1. The van der Waals surface area contributed by atoms with E-state index in [9.17, 15) is 0 Å². The predicted molar refractivity (Wildman–Crippen MR) is 265 cm³/mol. The van der Waals surface area contributed by atoms with E-state index in [1.807, 2.05) is 22.8 Å². The van der Waals surface area contributed by atoms with Gasteiger partial charge in [-0.05, 0) is 54.5 Å². The predicted octanol–water partition coefficient (Wildman–Crippen LogP) is 3.32. The molecule has 2 aliphatic rings. The summed E-state index contributed by atoms with van der Waals surface area (Å²) in [5.41, 5.74) is 5.67. The molecule has 5 nitrogen and oxygen atoms in total. The van der Waals surface area contributed by atoms with Crippen LogP contribution in [-0.2, 0) is 0 Å². The van der Waals surface area contributed by atoms with E-state index in [0.717, 1.165) is 62.2 Å². The van der Waals surface area contributed by atoms with Crippen LogP contribution in [0.2, 0.25) is 18.0 Å². The summed E-state index contributed by atoms with van der Waals surface area (Å²) in [5.74, 6) is -0.983. The van der Waals surface area contributed by atoms with Crippen molar-refractivity contribution in [2.75, 3.05) is 0 Å². The van der Waals surface area contributed by atoms with E-state index >= 15 is 0 Å². The molecule has 0 spiro atoms. The van der Waals surface area contributed by atoms with Crippen LogP contribution in [0, 0.1) is 11.8 Å². The second-order valence-corrected chi connectivity index (χ2v) is 15.7. The van der Waals surface area contributed by atoms with Crippen molar-refractivity contribution in [3.05, 3.63) is 127 Å². The van der Waals surface area contributed by atoms with Crippen LogP contribution >= 0.6 is 0 Å². The molecule has 9 rings (SSSR count). The molecule has 20 radical (unpaired) electrons. The summed E-state index contributed by atoms with van der Waals surface area (Å²) in [5, 5.41) is 4.17. The Hall–Kier alpha value is -5.42. The molecular formula is C46H29B10N5. The van der Waals surface area contributed by atoms with E-state index in [2.05, 4.69) is 96.1 Å². The summed E-state index contributed by atoms with van der Waals surface area (Å²) < 4.78 is 4.34. The van der Waals surface area contributed by atoms with Gasteiger partial charge in [-0.1, -0.05) is 108 Å². The van der Waals surface area contributed by atoms with Gasteiger partial charge in [0.2, 0.25) is 5.95 Å². The van der Waals surface area contributed by atoms with Crippen molar-refractivity contribution in [3.63, 3.8) is 0 Å². The Morgan fingerprint density at radius 1 is 0.689 bits per heavy atom. The first-order chi connectivity index (χ1) is 29.4. The van der Waals surface area contributed by atoms with Crippen LogP contribution in [0.3, 0.4) is 0 Å². The summed E-state index contributed by atoms with van der Waals surface area (Å²) in [4.78, 5) is 15.0. The molecule has 61 heavy (non-hydrogen) atoms. The Kier molecular flexibility index (Phi) is 10.8. The summed E-state index contributed by atoms with van der Waals surface area (Å²) in [7, 11) is 64.4. The summed E-state index contributed by atoms with van der Waals surface area (Å²) in [6.07, 6.45) is 17.6. The number of hydrogen-bond acceptors (Lipinski definition) is 3. The van der Waals surface area contributed by atoms with Gasteiger partial charge >= 0.3 is 0 Å². The maximum absolute atomic E-state index is 6.79. The molecule has 0 bridgehead atoms. The number of benzene rings is 4. The van der Waals surface area contributed by atoms with E-state index in [0.29, 0.717) is 11.8 Å².